The molecule has 0 fully saturated rings. The van der Waals surface area contributed by atoms with Gasteiger partial charge in [0.2, 0.25) is 0 Å². The zero-order valence-corrected chi connectivity index (χ0v) is 10.9. The Balaban J connectivity index is 2.25. The molecule has 0 saturated heterocycles. The maximum absolute atomic E-state index is 10.3. The van der Waals surface area contributed by atoms with Gasteiger partial charge in [0, 0.05) is 17.9 Å². The number of allylic oxidation sites excluding steroid dienone is 1. The summed E-state index contributed by atoms with van der Waals surface area (Å²) in [5, 5.41) is 2.78. The molecule has 96 valence electrons. The number of rotatable bonds is 5. The molecule has 0 bridgehead atoms. The van der Waals surface area contributed by atoms with Gasteiger partial charge in [-0.25, -0.2) is 0 Å². The monoisotopic (exact) mass is 252 g/mol. The predicted octanol–water partition coefficient (Wildman–Crippen LogP) is 4.14. The van der Waals surface area contributed by atoms with Crippen LogP contribution in [0.2, 0.25) is 0 Å². The fourth-order valence-corrected chi connectivity index (χ4v) is 1.93. The van der Waals surface area contributed by atoms with Gasteiger partial charge in [-0.05, 0) is 41.9 Å². The first-order valence-corrected chi connectivity index (χ1v) is 6.11. The van der Waals surface area contributed by atoms with Gasteiger partial charge >= 0.3 is 0 Å². The quantitative estimate of drug-likeness (QED) is 0.581. The van der Waals surface area contributed by atoms with Crippen molar-refractivity contribution in [1.29, 1.82) is 0 Å². The van der Waals surface area contributed by atoms with Crippen LogP contribution in [-0.4, -0.2) is 4.57 Å². The number of aromatic nitrogens is 1. The highest BCUT2D eigenvalue weighted by molar-refractivity contribution is 5.50. The van der Waals surface area contributed by atoms with Gasteiger partial charge in [-0.1, -0.05) is 36.9 Å². The number of nitrogens with zero attached hydrogens (tertiary/aromatic N) is 2. The van der Waals surface area contributed by atoms with Gasteiger partial charge in [0.15, 0.2) is 0 Å². The zero-order valence-electron chi connectivity index (χ0n) is 10.9. The molecule has 0 aliphatic rings. The van der Waals surface area contributed by atoms with Crippen molar-refractivity contribution in [2.45, 2.75) is 13.5 Å². The first-order valence-electron chi connectivity index (χ1n) is 6.11. The Hall–Kier alpha value is -2.42. The average molecular weight is 252 g/mol. The second-order valence-corrected chi connectivity index (χ2v) is 4.39. The predicted molar refractivity (Wildman–Crippen MR) is 78.7 cm³/mol. The van der Waals surface area contributed by atoms with Crippen molar-refractivity contribution in [2.24, 2.45) is 5.18 Å². The molecule has 3 nitrogen and oxygen atoms in total. The minimum absolute atomic E-state index is 0.227. The van der Waals surface area contributed by atoms with Crippen molar-refractivity contribution in [3.05, 3.63) is 82.7 Å². The van der Waals surface area contributed by atoms with Gasteiger partial charge in [-0.2, -0.15) is 0 Å². The molecule has 2 rings (SSSR count). The van der Waals surface area contributed by atoms with Crippen LogP contribution in [0.25, 0.3) is 6.08 Å². The van der Waals surface area contributed by atoms with Crippen LogP contribution in [0.15, 0.2) is 66.0 Å². The molecule has 1 aromatic heterocycles. The third kappa shape index (κ3) is 3.28. The van der Waals surface area contributed by atoms with Gasteiger partial charge in [-0.3, -0.25) is 0 Å². The van der Waals surface area contributed by atoms with Crippen LogP contribution >= 0.6 is 0 Å². The molecule has 1 aromatic carbocycles. The average Bonchev–Trinajstić information content (AvgIpc) is 2.78. The van der Waals surface area contributed by atoms with Gasteiger partial charge in [0.1, 0.15) is 5.70 Å². The molecule has 0 aliphatic carbocycles. The highest BCUT2D eigenvalue weighted by Gasteiger charge is 2.03. The molecule has 19 heavy (non-hydrogen) atoms. The smallest absolute Gasteiger partial charge is 0.100 e. The maximum Gasteiger partial charge on any atom is 0.100 e. The molecule has 0 radical (unpaired) electrons. The van der Waals surface area contributed by atoms with Crippen molar-refractivity contribution < 1.29 is 0 Å². The molecular formula is C16H16N2O. The number of hydrogen-bond acceptors (Lipinski definition) is 2. The molecule has 0 saturated carbocycles. The number of hydrogen-bond donors (Lipinski definition) is 0. The summed E-state index contributed by atoms with van der Waals surface area (Å²) in [5.74, 6) is 0. The van der Waals surface area contributed by atoms with E-state index in [1.54, 1.807) is 6.08 Å². The van der Waals surface area contributed by atoms with E-state index in [-0.39, 0.29) is 5.70 Å². The fraction of sp³-hybridized carbons (Fsp3) is 0.125. The number of aryl methyl sites for hydroxylation is 1. The SMILES string of the molecule is C=C(/C=C/c1ccc(C)n1Cc1ccccc1)N=O. The Morgan fingerprint density at radius 1 is 1.26 bits per heavy atom. The molecule has 0 unspecified atom stereocenters. The Morgan fingerprint density at radius 3 is 2.68 bits per heavy atom. The highest BCUT2D eigenvalue weighted by atomic mass is 16.3. The Bertz CT molecular complexity index is 609. The molecule has 1 heterocycles. The Kier molecular flexibility index (Phi) is 4.08. The van der Waals surface area contributed by atoms with Crippen molar-refractivity contribution in [2.75, 3.05) is 0 Å². The molecule has 0 aliphatic heterocycles. The lowest BCUT2D eigenvalue weighted by Gasteiger charge is -2.09. The first kappa shape index (κ1) is 13.0. The second kappa shape index (κ2) is 5.96. The standard InChI is InChI=1S/C16H16N2O/c1-13(17-19)8-10-16-11-9-14(2)18(16)12-15-6-4-3-5-7-15/h3-11H,1,12H2,2H3/b10-8+. The van der Waals surface area contributed by atoms with E-state index in [1.807, 2.05) is 30.3 Å². The van der Waals surface area contributed by atoms with E-state index < -0.39 is 0 Å². The summed E-state index contributed by atoms with van der Waals surface area (Å²) in [4.78, 5) is 10.3. The van der Waals surface area contributed by atoms with Crippen molar-refractivity contribution in [3.8, 4) is 0 Å². The minimum Gasteiger partial charge on any atom is -0.341 e. The van der Waals surface area contributed by atoms with Crippen LogP contribution in [0, 0.1) is 11.8 Å². The van der Waals surface area contributed by atoms with E-state index in [0.29, 0.717) is 0 Å². The number of nitroso groups, excluding NO2 is 1. The van der Waals surface area contributed by atoms with E-state index in [1.165, 1.54) is 11.3 Å². The zero-order chi connectivity index (χ0) is 13.7. The van der Waals surface area contributed by atoms with Gasteiger partial charge in [-0.15, -0.1) is 4.91 Å². The van der Waals surface area contributed by atoms with Gasteiger partial charge < -0.3 is 4.57 Å². The van der Waals surface area contributed by atoms with Crippen LogP contribution in [0.1, 0.15) is 17.0 Å². The topological polar surface area (TPSA) is 34.4 Å². The summed E-state index contributed by atoms with van der Waals surface area (Å²) in [6, 6.07) is 14.3. The third-order valence-corrected chi connectivity index (χ3v) is 2.98. The first-order chi connectivity index (χ1) is 9.20. The molecular weight excluding hydrogens is 236 g/mol. The van der Waals surface area contributed by atoms with Crippen LogP contribution in [-0.2, 0) is 6.54 Å². The number of benzene rings is 1. The van der Waals surface area contributed by atoms with Crippen LogP contribution < -0.4 is 0 Å². The van der Waals surface area contributed by atoms with Crippen LogP contribution in [0.3, 0.4) is 0 Å². The largest absolute Gasteiger partial charge is 0.341 e. The van der Waals surface area contributed by atoms with Crippen LogP contribution in [0.5, 0.6) is 0 Å². The molecule has 0 amide bonds. The van der Waals surface area contributed by atoms with Crippen molar-refractivity contribution in [1.82, 2.24) is 4.57 Å². The van der Waals surface area contributed by atoms with Gasteiger partial charge in [0.05, 0.1) is 0 Å². The summed E-state index contributed by atoms with van der Waals surface area (Å²) in [7, 11) is 0. The molecule has 0 atom stereocenters. The maximum atomic E-state index is 10.3. The molecule has 2 aromatic rings. The van der Waals surface area contributed by atoms with Crippen molar-refractivity contribution >= 4 is 6.08 Å². The Labute approximate surface area is 112 Å². The van der Waals surface area contributed by atoms with Crippen LogP contribution in [0.4, 0.5) is 0 Å². The fourth-order valence-electron chi connectivity index (χ4n) is 1.93. The summed E-state index contributed by atoms with van der Waals surface area (Å²) in [6.45, 7) is 6.40. The van der Waals surface area contributed by atoms with E-state index in [4.69, 9.17) is 0 Å². The molecule has 0 N–H and O–H groups in total. The summed E-state index contributed by atoms with van der Waals surface area (Å²) in [5.41, 5.74) is 3.67. The van der Waals surface area contributed by atoms with E-state index >= 15 is 0 Å². The lowest BCUT2D eigenvalue weighted by atomic mass is 10.2. The summed E-state index contributed by atoms with van der Waals surface area (Å²) >= 11 is 0. The van der Waals surface area contributed by atoms with E-state index in [0.717, 1.165) is 12.2 Å². The van der Waals surface area contributed by atoms with E-state index in [9.17, 15) is 4.91 Å². The normalized spacial score (nSPS) is 10.8. The van der Waals surface area contributed by atoms with Gasteiger partial charge in [0.25, 0.3) is 0 Å². The molecule has 3 heteroatoms. The highest BCUT2D eigenvalue weighted by Crippen LogP contribution is 2.14. The summed E-state index contributed by atoms with van der Waals surface area (Å²) in [6.07, 6.45) is 3.49. The van der Waals surface area contributed by atoms with E-state index in [2.05, 4.69) is 41.4 Å². The minimum atomic E-state index is 0.227. The van der Waals surface area contributed by atoms with Crippen molar-refractivity contribution in [3.63, 3.8) is 0 Å². The summed E-state index contributed by atoms with van der Waals surface area (Å²) < 4.78 is 2.18. The third-order valence-electron chi connectivity index (χ3n) is 2.98. The lowest BCUT2D eigenvalue weighted by Crippen LogP contribution is -2.03. The molecule has 0 spiro atoms. The second-order valence-electron chi connectivity index (χ2n) is 4.39. The lowest BCUT2D eigenvalue weighted by molar-refractivity contribution is 0.768. The Morgan fingerprint density at radius 2 is 2.00 bits per heavy atom.